The van der Waals surface area contributed by atoms with Crippen LogP contribution in [0.3, 0.4) is 0 Å². The molecule has 2 N–H and O–H groups in total. The maximum absolute atomic E-state index is 11.3. The maximum Gasteiger partial charge on any atom is 0.251 e. The van der Waals surface area contributed by atoms with Crippen LogP contribution in [0.1, 0.15) is 32.6 Å². The Bertz CT molecular complexity index is 216. The monoisotopic (exact) mass is 200 g/mol. The van der Waals surface area contributed by atoms with Crippen molar-refractivity contribution in [2.45, 2.75) is 50.8 Å². The largest absolute Gasteiger partial charge is 0.381 e. The molecule has 1 saturated carbocycles. The van der Waals surface area contributed by atoms with Gasteiger partial charge in [-0.25, -0.2) is 0 Å². The zero-order valence-corrected chi connectivity index (χ0v) is 8.27. The van der Waals surface area contributed by atoms with Crippen LogP contribution in [0, 0.1) is 4.91 Å². The van der Waals surface area contributed by atoms with Crippen molar-refractivity contribution in [1.29, 1.82) is 0 Å². The standard InChI is InChI=1S/C9H16N2O3/c1-2-3-7(11-14)8(12)9(13)10-6-4-5-6/h6-8,12H,2-5H2,1H3,(H,10,13)/t7-,8?/m0/s1. The highest BCUT2D eigenvalue weighted by Gasteiger charge is 2.31. The van der Waals surface area contributed by atoms with Crippen LogP contribution >= 0.6 is 0 Å². The molecule has 1 fully saturated rings. The Morgan fingerprint density at radius 2 is 2.29 bits per heavy atom. The molecule has 0 saturated heterocycles. The molecule has 0 spiro atoms. The number of nitrogens with one attached hydrogen (secondary N) is 1. The Labute approximate surface area is 82.9 Å². The van der Waals surface area contributed by atoms with Gasteiger partial charge in [-0.2, -0.15) is 4.91 Å². The van der Waals surface area contributed by atoms with E-state index in [2.05, 4.69) is 10.5 Å². The fourth-order valence-electron chi connectivity index (χ4n) is 1.25. The van der Waals surface area contributed by atoms with Gasteiger partial charge in [-0.05, 0) is 19.3 Å². The number of rotatable bonds is 6. The zero-order chi connectivity index (χ0) is 10.6. The van der Waals surface area contributed by atoms with Crippen LogP contribution in [0.4, 0.5) is 0 Å². The van der Waals surface area contributed by atoms with E-state index in [0.717, 1.165) is 19.3 Å². The molecule has 1 amide bonds. The van der Waals surface area contributed by atoms with Gasteiger partial charge in [0.15, 0.2) is 6.10 Å². The van der Waals surface area contributed by atoms with Crippen molar-refractivity contribution >= 4 is 5.91 Å². The van der Waals surface area contributed by atoms with Crippen LogP contribution < -0.4 is 5.32 Å². The molecule has 0 aliphatic heterocycles. The van der Waals surface area contributed by atoms with Crippen molar-refractivity contribution in [3.63, 3.8) is 0 Å². The number of aliphatic hydroxyl groups excluding tert-OH is 1. The lowest BCUT2D eigenvalue weighted by Crippen LogP contribution is -2.42. The molecule has 0 heterocycles. The smallest absolute Gasteiger partial charge is 0.251 e. The van der Waals surface area contributed by atoms with Gasteiger partial charge in [-0.3, -0.25) is 4.79 Å². The van der Waals surface area contributed by atoms with Crippen LogP contribution in [-0.4, -0.2) is 29.2 Å². The number of carbonyl (C=O) groups is 1. The predicted octanol–water partition coefficient (Wildman–Crippen LogP) is 0.561. The molecule has 5 heteroatoms. The predicted molar refractivity (Wildman–Crippen MR) is 51.7 cm³/mol. The van der Waals surface area contributed by atoms with Crippen LogP contribution in [0.5, 0.6) is 0 Å². The first kappa shape index (κ1) is 11.1. The number of hydrogen-bond donors (Lipinski definition) is 2. The van der Waals surface area contributed by atoms with Crippen molar-refractivity contribution in [2.75, 3.05) is 0 Å². The molecule has 0 radical (unpaired) electrons. The molecule has 80 valence electrons. The summed E-state index contributed by atoms with van der Waals surface area (Å²) in [5.74, 6) is -0.467. The lowest BCUT2D eigenvalue weighted by molar-refractivity contribution is -0.130. The quantitative estimate of drug-likeness (QED) is 0.615. The van der Waals surface area contributed by atoms with Gasteiger partial charge in [0.1, 0.15) is 6.04 Å². The van der Waals surface area contributed by atoms with Gasteiger partial charge in [0, 0.05) is 6.04 Å². The van der Waals surface area contributed by atoms with E-state index in [1.807, 2.05) is 6.92 Å². The third-order valence-electron chi connectivity index (χ3n) is 2.28. The van der Waals surface area contributed by atoms with Crippen LogP contribution in [0.25, 0.3) is 0 Å². The molecule has 0 aromatic carbocycles. The molecule has 1 aliphatic rings. The van der Waals surface area contributed by atoms with E-state index in [9.17, 15) is 14.8 Å². The minimum atomic E-state index is -1.28. The van der Waals surface area contributed by atoms with Crippen LogP contribution in [0.2, 0.25) is 0 Å². The summed E-state index contributed by atoms with van der Waals surface area (Å²) in [5.41, 5.74) is 0. The summed E-state index contributed by atoms with van der Waals surface area (Å²) in [7, 11) is 0. The second-order valence-corrected chi connectivity index (χ2v) is 3.69. The Morgan fingerprint density at radius 3 is 2.71 bits per heavy atom. The maximum atomic E-state index is 11.3. The Morgan fingerprint density at radius 1 is 1.64 bits per heavy atom. The van der Waals surface area contributed by atoms with Crippen LogP contribution in [0.15, 0.2) is 5.18 Å². The molecular weight excluding hydrogens is 184 g/mol. The summed E-state index contributed by atoms with van der Waals surface area (Å²) >= 11 is 0. The summed E-state index contributed by atoms with van der Waals surface area (Å²) in [5, 5.41) is 14.9. The van der Waals surface area contributed by atoms with E-state index >= 15 is 0 Å². The second-order valence-electron chi connectivity index (χ2n) is 3.69. The van der Waals surface area contributed by atoms with Gasteiger partial charge >= 0.3 is 0 Å². The topological polar surface area (TPSA) is 78.8 Å². The average Bonchev–Trinajstić information content (AvgIpc) is 2.96. The van der Waals surface area contributed by atoms with Crippen molar-refractivity contribution in [2.24, 2.45) is 5.18 Å². The molecule has 0 aromatic rings. The summed E-state index contributed by atoms with van der Waals surface area (Å²) in [6.45, 7) is 1.88. The highest BCUT2D eigenvalue weighted by Crippen LogP contribution is 2.19. The minimum Gasteiger partial charge on any atom is -0.381 e. The molecule has 0 bridgehead atoms. The third kappa shape index (κ3) is 3.06. The number of aliphatic hydroxyl groups is 1. The molecule has 14 heavy (non-hydrogen) atoms. The normalized spacial score (nSPS) is 19.9. The number of hydrogen-bond acceptors (Lipinski definition) is 4. The van der Waals surface area contributed by atoms with E-state index in [1.165, 1.54) is 0 Å². The van der Waals surface area contributed by atoms with Gasteiger partial charge in [0.05, 0.1) is 0 Å². The average molecular weight is 200 g/mol. The SMILES string of the molecule is CCC[C@H](N=O)C(O)C(=O)NC1CC1. The van der Waals surface area contributed by atoms with E-state index in [0.29, 0.717) is 6.42 Å². The number of amides is 1. The molecule has 0 aromatic heterocycles. The zero-order valence-electron chi connectivity index (χ0n) is 8.27. The molecule has 1 aliphatic carbocycles. The highest BCUT2D eigenvalue weighted by molar-refractivity contribution is 5.81. The van der Waals surface area contributed by atoms with E-state index in [-0.39, 0.29) is 6.04 Å². The van der Waals surface area contributed by atoms with Crippen molar-refractivity contribution in [3.05, 3.63) is 4.91 Å². The molecule has 1 rings (SSSR count). The molecule has 1 unspecified atom stereocenters. The molecule has 5 nitrogen and oxygen atoms in total. The molecular formula is C9H16N2O3. The van der Waals surface area contributed by atoms with Gasteiger partial charge in [-0.15, -0.1) is 0 Å². The lowest BCUT2D eigenvalue weighted by atomic mass is 10.1. The van der Waals surface area contributed by atoms with Gasteiger partial charge in [-0.1, -0.05) is 18.5 Å². The summed E-state index contributed by atoms with van der Waals surface area (Å²) in [6.07, 6.45) is 1.82. The second kappa shape index (κ2) is 5.05. The van der Waals surface area contributed by atoms with Crippen molar-refractivity contribution in [1.82, 2.24) is 5.32 Å². The Balaban J connectivity index is 2.38. The first-order chi connectivity index (χ1) is 6.69. The highest BCUT2D eigenvalue weighted by atomic mass is 16.3. The first-order valence-corrected chi connectivity index (χ1v) is 5.00. The first-order valence-electron chi connectivity index (χ1n) is 5.00. The number of nitroso groups, excluding NO2 is 1. The van der Waals surface area contributed by atoms with Gasteiger partial charge < -0.3 is 10.4 Å². The van der Waals surface area contributed by atoms with E-state index in [1.54, 1.807) is 0 Å². The van der Waals surface area contributed by atoms with Crippen molar-refractivity contribution < 1.29 is 9.90 Å². The van der Waals surface area contributed by atoms with Gasteiger partial charge in [0.25, 0.3) is 5.91 Å². The van der Waals surface area contributed by atoms with Gasteiger partial charge in [0.2, 0.25) is 0 Å². The van der Waals surface area contributed by atoms with Crippen molar-refractivity contribution in [3.8, 4) is 0 Å². The van der Waals surface area contributed by atoms with Crippen LogP contribution in [-0.2, 0) is 4.79 Å². The fraction of sp³-hybridized carbons (Fsp3) is 0.889. The molecule has 2 atom stereocenters. The van der Waals surface area contributed by atoms with E-state index < -0.39 is 18.1 Å². The van der Waals surface area contributed by atoms with E-state index in [4.69, 9.17) is 0 Å². The number of nitrogens with zero attached hydrogens (tertiary/aromatic N) is 1. The fourth-order valence-corrected chi connectivity index (χ4v) is 1.25. The third-order valence-corrected chi connectivity index (χ3v) is 2.28. The number of carbonyl (C=O) groups excluding carboxylic acids is 1. The summed E-state index contributed by atoms with van der Waals surface area (Å²) in [6, 6.07) is -0.607. The lowest BCUT2D eigenvalue weighted by Gasteiger charge is -2.15. The Hall–Kier alpha value is -0.970. The summed E-state index contributed by atoms with van der Waals surface area (Å²) < 4.78 is 0. The minimum absolute atomic E-state index is 0.200. The Kier molecular flexibility index (Phi) is 4.00. The summed E-state index contributed by atoms with van der Waals surface area (Å²) in [4.78, 5) is 21.7.